The van der Waals surface area contributed by atoms with Crippen LogP contribution in [0.25, 0.3) is 0 Å². The van der Waals surface area contributed by atoms with Crippen molar-refractivity contribution >= 4 is 35.1 Å². The van der Waals surface area contributed by atoms with Gasteiger partial charge < -0.3 is 10.3 Å². The highest BCUT2D eigenvalue weighted by Crippen LogP contribution is 2.39. The molecule has 1 aromatic heterocycles. The van der Waals surface area contributed by atoms with Gasteiger partial charge in [0, 0.05) is 28.7 Å². The third kappa shape index (κ3) is 4.06. The molecule has 4 rings (SSSR count). The van der Waals surface area contributed by atoms with E-state index in [0.717, 1.165) is 11.1 Å². The molecule has 0 saturated carbocycles. The van der Waals surface area contributed by atoms with E-state index in [2.05, 4.69) is 21.4 Å². The summed E-state index contributed by atoms with van der Waals surface area (Å²) in [5.74, 6) is -0.921. The Labute approximate surface area is 175 Å². The lowest BCUT2D eigenvalue weighted by Crippen LogP contribution is -2.31. The van der Waals surface area contributed by atoms with Crippen LogP contribution in [-0.2, 0) is 10.5 Å². The molecule has 0 aliphatic carbocycles. The second-order valence-corrected chi connectivity index (χ2v) is 8.22. The molecule has 8 heteroatoms. The van der Waals surface area contributed by atoms with E-state index in [9.17, 15) is 14.0 Å². The smallest absolute Gasteiger partial charge is 0.257 e. The molecule has 1 aliphatic rings. The van der Waals surface area contributed by atoms with Gasteiger partial charge in [-0.1, -0.05) is 59.3 Å². The average molecular weight is 430 g/mol. The Bertz CT molecular complexity index is 1140. The number of aryl methyl sites for hydroxylation is 1. The molecule has 29 heavy (non-hydrogen) atoms. The molecule has 0 spiro atoms. The van der Waals surface area contributed by atoms with E-state index in [4.69, 9.17) is 11.6 Å². The standard InChI is InChI=1S/C21H17ClFN3O2S/c1-11-4-2-5-12(8-11)10-29-21-25-19-18(20(28)26-21)13(9-16(27)24-19)17-14(22)6-3-7-15(17)23/h2-8,13H,9-10H2,1H3,(H2,24,25,26,27,28). The number of carbonyl (C=O) groups excluding carboxylic acids is 1. The highest BCUT2D eigenvalue weighted by Gasteiger charge is 2.33. The number of hydrogen-bond acceptors (Lipinski definition) is 4. The van der Waals surface area contributed by atoms with Crippen LogP contribution >= 0.6 is 23.4 Å². The molecule has 0 radical (unpaired) electrons. The molecule has 5 nitrogen and oxygen atoms in total. The number of fused-ring (bicyclic) bond motifs is 1. The first-order valence-corrected chi connectivity index (χ1v) is 10.3. The summed E-state index contributed by atoms with van der Waals surface area (Å²) in [6.07, 6.45) is -0.0752. The number of H-pyrrole nitrogens is 1. The second kappa shape index (κ2) is 8.00. The van der Waals surface area contributed by atoms with E-state index in [0.29, 0.717) is 10.9 Å². The van der Waals surface area contributed by atoms with Crippen LogP contribution in [0.4, 0.5) is 10.2 Å². The maximum Gasteiger partial charge on any atom is 0.257 e. The van der Waals surface area contributed by atoms with Crippen molar-refractivity contribution in [3.63, 3.8) is 0 Å². The molecule has 2 aromatic carbocycles. The van der Waals surface area contributed by atoms with Crippen LogP contribution in [0, 0.1) is 12.7 Å². The van der Waals surface area contributed by atoms with Gasteiger partial charge in [-0.05, 0) is 24.6 Å². The van der Waals surface area contributed by atoms with Crippen molar-refractivity contribution in [2.24, 2.45) is 0 Å². The number of aromatic nitrogens is 2. The molecule has 148 valence electrons. The first-order valence-electron chi connectivity index (χ1n) is 8.98. The highest BCUT2D eigenvalue weighted by atomic mass is 35.5. The fourth-order valence-electron chi connectivity index (χ4n) is 3.46. The maximum atomic E-state index is 14.5. The van der Waals surface area contributed by atoms with E-state index in [1.807, 2.05) is 25.1 Å². The van der Waals surface area contributed by atoms with E-state index in [1.54, 1.807) is 6.07 Å². The summed E-state index contributed by atoms with van der Waals surface area (Å²) < 4.78 is 14.5. The van der Waals surface area contributed by atoms with E-state index < -0.39 is 17.3 Å². The molecule has 2 N–H and O–H groups in total. The molecule has 1 aliphatic heterocycles. The molecule has 1 atom stereocenters. The van der Waals surface area contributed by atoms with Crippen LogP contribution in [0.15, 0.2) is 52.4 Å². The zero-order chi connectivity index (χ0) is 20.5. The average Bonchev–Trinajstić information content (AvgIpc) is 2.65. The van der Waals surface area contributed by atoms with Gasteiger partial charge >= 0.3 is 0 Å². The normalized spacial score (nSPS) is 15.7. The molecule has 0 saturated heterocycles. The minimum Gasteiger partial charge on any atom is -0.310 e. The Hall–Kier alpha value is -2.64. The van der Waals surface area contributed by atoms with Gasteiger partial charge in [0.05, 0.1) is 5.56 Å². The summed E-state index contributed by atoms with van der Waals surface area (Å²) in [7, 11) is 0. The van der Waals surface area contributed by atoms with Crippen molar-refractivity contribution < 1.29 is 9.18 Å². The lowest BCUT2D eigenvalue weighted by Gasteiger charge is -2.25. The maximum absolute atomic E-state index is 14.5. The summed E-state index contributed by atoms with van der Waals surface area (Å²) in [5.41, 5.74) is 2.18. The van der Waals surface area contributed by atoms with Crippen LogP contribution in [-0.4, -0.2) is 15.9 Å². The van der Waals surface area contributed by atoms with Gasteiger partial charge in [0.2, 0.25) is 5.91 Å². The number of amides is 1. The Balaban J connectivity index is 1.70. The Morgan fingerprint density at radius 1 is 1.21 bits per heavy atom. The third-order valence-corrected chi connectivity index (χ3v) is 6.01. The number of benzene rings is 2. The number of aromatic amines is 1. The van der Waals surface area contributed by atoms with Gasteiger partial charge in [-0.25, -0.2) is 9.37 Å². The summed E-state index contributed by atoms with van der Waals surface area (Å²) in [6.45, 7) is 2.01. The molecule has 2 heterocycles. The number of carbonyl (C=O) groups is 1. The predicted octanol–water partition coefficient (Wildman–Crippen LogP) is 4.64. The summed E-state index contributed by atoms with van der Waals surface area (Å²) in [4.78, 5) is 32.2. The van der Waals surface area contributed by atoms with Gasteiger partial charge in [-0.15, -0.1) is 0 Å². The topological polar surface area (TPSA) is 74.8 Å². The van der Waals surface area contributed by atoms with E-state index in [-0.39, 0.29) is 34.3 Å². The molecule has 0 bridgehead atoms. The first-order chi connectivity index (χ1) is 13.9. The molecule has 1 amide bonds. The molecule has 0 fully saturated rings. The van der Waals surface area contributed by atoms with Gasteiger partial charge in [-0.2, -0.15) is 0 Å². The zero-order valence-corrected chi connectivity index (χ0v) is 17.0. The number of rotatable bonds is 4. The minimum atomic E-state index is -0.792. The number of nitrogens with zero attached hydrogens (tertiary/aromatic N) is 1. The van der Waals surface area contributed by atoms with E-state index in [1.165, 1.54) is 23.9 Å². The van der Waals surface area contributed by atoms with Crippen molar-refractivity contribution in [1.82, 2.24) is 9.97 Å². The molecule has 3 aromatic rings. The monoisotopic (exact) mass is 429 g/mol. The van der Waals surface area contributed by atoms with Crippen LogP contribution < -0.4 is 10.9 Å². The predicted molar refractivity (Wildman–Crippen MR) is 112 cm³/mol. The van der Waals surface area contributed by atoms with Crippen LogP contribution in [0.3, 0.4) is 0 Å². The Morgan fingerprint density at radius 2 is 2.00 bits per heavy atom. The number of anilines is 1. The highest BCUT2D eigenvalue weighted by molar-refractivity contribution is 7.98. The Kier molecular flexibility index (Phi) is 5.43. The van der Waals surface area contributed by atoms with Gasteiger partial charge in [0.15, 0.2) is 5.16 Å². The summed E-state index contributed by atoms with van der Waals surface area (Å²) >= 11 is 7.54. The van der Waals surface area contributed by atoms with Crippen molar-refractivity contribution in [2.45, 2.75) is 30.2 Å². The number of nitrogens with one attached hydrogen (secondary N) is 2. The van der Waals surface area contributed by atoms with E-state index >= 15 is 0 Å². The first kappa shape index (κ1) is 19.7. The largest absolute Gasteiger partial charge is 0.310 e. The van der Waals surface area contributed by atoms with Crippen molar-refractivity contribution in [3.05, 3.63) is 85.9 Å². The summed E-state index contributed by atoms with van der Waals surface area (Å²) in [5, 5.41) is 3.20. The number of hydrogen-bond donors (Lipinski definition) is 2. The molecular weight excluding hydrogens is 413 g/mol. The number of thioether (sulfide) groups is 1. The van der Waals surface area contributed by atoms with Crippen LogP contribution in [0.1, 0.15) is 34.6 Å². The molecular formula is C21H17ClFN3O2S. The van der Waals surface area contributed by atoms with Crippen LogP contribution in [0.5, 0.6) is 0 Å². The quantitative estimate of drug-likeness (QED) is 0.468. The van der Waals surface area contributed by atoms with Crippen molar-refractivity contribution in [3.8, 4) is 0 Å². The van der Waals surface area contributed by atoms with Gasteiger partial charge in [-0.3, -0.25) is 9.59 Å². The van der Waals surface area contributed by atoms with Gasteiger partial charge in [0.25, 0.3) is 5.56 Å². The van der Waals surface area contributed by atoms with Crippen molar-refractivity contribution in [2.75, 3.05) is 5.32 Å². The number of halogens is 2. The van der Waals surface area contributed by atoms with Crippen molar-refractivity contribution in [1.29, 1.82) is 0 Å². The second-order valence-electron chi connectivity index (χ2n) is 6.85. The SMILES string of the molecule is Cc1cccc(CSc2nc3c(c(=O)[nH]2)C(c2c(F)cccc2Cl)CC(=O)N3)c1. The Morgan fingerprint density at radius 3 is 2.76 bits per heavy atom. The van der Waals surface area contributed by atoms with Gasteiger partial charge in [0.1, 0.15) is 11.6 Å². The summed E-state index contributed by atoms with van der Waals surface area (Å²) in [6, 6.07) is 12.3. The lowest BCUT2D eigenvalue weighted by atomic mass is 9.86. The third-order valence-electron chi connectivity index (χ3n) is 4.74. The fourth-order valence-corrected chi connectivity index (χ4v) is 4.56. The molecule has 1 unspecified atom stereocenters. The van der Waals surface area contributed by atoms with Crippen LogP contribution in [0.2, 0.25) is 5.02 Å². The lowest BCUT2D eigenvalue weighted by molar-refractivity contribution is -0.116. The zero-order valence-electron chi connectivity index (χ0n) is 15.5. The fraction of sp³-hybridized carbons (Fsp3) is 0.190. The minimum absolute atomic E-state index is 0.0752.